The molecule has 0 aliphatic carbocycles. The van der Waals surface area contributed by atoms with E-state index in [1.807, 2.05) is 12.1 Å². The average Bonchev–Trinajstić information content (AvgIpc) is 2.88. The van der Waals surface area contributed by atoms with Crippen molar-refractivity contribution in [2.75, 3.05) is 43.2 Å². The van der Waals surface area contributed by atoms with Gasteiger partial charge in [0.15, 0.2) is 0 Å². The first kappa shape index (κ1) is 21.0. The summed E-state index contributed by atoms with van der Waals surface area (Å²) < 4.78 is 11.1. The van der Waals surface area contributed by atoms with Gasteiger partial charge in [-0.3, -0.25) is 4.98 Å². The van der Waals surface area contributed by atoms with Gasteiger partial charge in [-0.2, -0.15) is 9.97 Å². The van der Waals surface area contributed by atoms with Gasteiger partial charge >= 0.3 is 6.01 Å². The van der Waals surface area contributed by atoms with Gasteiger partial charge < -0.3 is 24.4 Å². The number of morpholine rings is 1. The molecule has 0 unspecified atom stereocenters. The average molecular weight is 444 g/mol. The largest absolute Gasteiger partial charge is 0.493 e. The molecule has 1 saturated heterocycles. The van der Waals surface area contributed by atoms with Crippen molar-refractivity contribution in [1.82, 2.24) is 15.0 Å². The van der Waals surface area contributed by atoms with E-state index in [0.29, 0.717) is 17.5 Å². The predicted octanol–water partition coefficient (Wildman–Crippen LogP) is 3.91. The highest BCUT2D eigenvalue weighted by Gasteiger charge is 2.12. The molecule has 5 rings (SSSR count). The van der Waals surface area contributed by atoms with Crippen LogP contribution in [0.4, 0.5) is 17.1 Å². The van der Waals surface area contributed by atoms with E-state index in [1.165, 1.54) is 5.69 Å². The third kappa shape index (κ3) is 4.65. The van der Waals surface area contributed by atoms with E-state index >= 15 is 0 Å². The topological polar surface area (TPSA) is 83.8 Å². The van der Waals surface area contributed by atoms with Crippen LogP contribution in [0.15, 0.2) is 67.0 Å². The van der Waals surface area contributed by atoms with Crippen LogP contribution in [0, 0.1) is 0 Å². The van der Waals surface area contributed by atoms with Crippen molar-refractivity contribution in [2.45, 2.75) is 6.61 Å². The van der Waals surface area contributed by atoms with Crippen molar-refractivity contribution in [3.05, 3.63) is 72.6 Å². The van der Waals surface area contributed by atoms with Crippen molar-refractivity contribution < 1.29 is 14.6 Å². The number of aromatic nitrogens is 3. The second kappa shape index (κ2) is 9.30. The molecule has 2 aromatic heterocycles. The molecule has 0 amide bonds. The molecule has 1 N–H and O–H groups in total. The lowest BCUT2D eigenvalue weighted by atomic mass is 10.2. The number of fused-ring (bicyclic) bond motifs is 1. The van der Waals surface area contributed by atoms with Gasteiger partial charge in [0.05, 0.1) is 30.3 Å². The van der Waals surface area contributed by atoms with Gasteiger partial charge in [0, 0.05) is 43.4 Å². The molecule has 0 radical (unpaired) electrons. The Bertz CT molecular complexity index is 1230. The lowest BCUT2D eigenvalue weighted by Gasteiger charge is -2.29. The highest BCUT2D eigenvalue weighted by Crippen LogP contribution is 2.27. The van der Waals surface area contributed by atoms with Crippen molar-refractivity contribution in [2.24, 2.45) is 0 Å². The van der Waals surface area contributed by atoms with Crippen LogP contribution in [0.5, 0.6) is 11.9 Å². The highest BCUT2D eigenvalue weighted by atomic mass is 16.5. The Kier molecular flexibility index (Phi) is 5.91. The number of ether oxygens (including phenoxy) is 2. The molecule has 4 aromatic rings. The van der Waals surface area contributed by atoms with Crippen LogP contribution >= 0.6 is 0 Å². The fourth-order valence-electron chi connectivity index (χ4n) is 3.83. The zero-order chi connectivity index (χ0) is 22.6. The van der Waals surface area contributed by atoms with Gasteiger partial charge in [-0.1, -0.05) is 12.1 Å². The van der Waals surface area contributed by atoms with Gasteiger partial charge in [-0.15, -0.1) is 0 Å². The Morgan fingerprint density at radius 2 is 1.67 bits per heavy atom. The molecule has 1 aliphatic heterocycles. The molecule has 3 heterocycles. The Morgan fingerprint density at radius 3 is 2.39 bits per heavy atom. The summed E-state index contributed by atoms with van der Waals surface area (Å²) in [5.74, 6) is -0.117. The first-order valence-electron chi connectivity index (χ1n) is 10.9. The first-order chi connectivity index (χ1) is 16.2. The van der Waals surface area contributed by atoms with Crippen molar-refractivity contribution in [3.63, 3.8) is 0 Å². The van der Waals surface area contributed by atoms with Crippen LogP contribution in [0.25, 0.3) is 10.9 Å². The molecule has 8 nitrogen and oxygen atoms in total. The van der Waals surface area contributed by atoms with E-state index in [1.54, 1.807) is 18.5 Å². The Labute approximate surface area is 192 Å². The fourth-order valence-corrected chi connectivity index (χ4v) is 3.83. The summed E-state index contributed by atoms with van der Waals surface area (Å²) in [4.78, 5) is 16.8. The molecule has 33 heavy (non-hydrogen) atoms. The summed E-state index contributed by atoms with van der Waals surface area (Å²) in [5.41, 5.74) is 4.93. The van der Waals surface area contributed by atoms with Gasteiger partial charge in [-0.05, 0) is 48.0 Å². The first-order valence-corrected chi connectivity index (χ1v) is 10.9. The molecule has 2 aromatic carbocycles. The minimum atomic E-state index is -0.117. The third-order valence-electron chi connectivity index (χ3n) is 5.76. The van der Waals surface area contributed by atoms with Crippen LogP contribution < -0.4 is 14.5 Å². The van der Waals surface area contributed by atoms with Gasteiger partial charge in [0.1, 0.15) is 6.61 Å². The van der Waals surface area contributed by atoms with E-state index in [-0.39, 0.29) is 11.9 Å². The van der Waals surface area contributed by atoms with E-state index in [0.717, 1.165) is 43.2 Å². The van der Waals surface area contributed by atoms with Gasteiger partial charge in [-0.25, -0.2) is 0 Å². The summed E-state index contributed by atoms with van der Waals surface area (Å²) in [6.45, 7) is 3.72. The Morgan fingerprint density at radius 1 is 0.970 bits per heavy atom. The maximum absolute atomic E-state index is 10.1. The quantitative estimate of drug-likeness (QED) is 0.480. The van der Waals surface area contributed by atoms with Crippen LogP contribution in [0.1, 0.15) is 5.56 Å². The van der Waals surface area contributed by atoms with E-state index in [2.05, 4.69) is 68.2 Å². The summed E-state index contributed by atoms with van der Waals surface area (Å²) in [5, 5.41) is 10.6. The van der Waals surface area contributed by atoms with Gasteiger partial charge in [0.2, 0.25) is 5.88 Å². The standard InChI is InChI=1S/C25H25N5O3/c1-29(20-6-8-21(9-7-20)30-12-14-32-15-13-30)19-4-2-18(3-5-19)17-33-25-27-23-16-26-11-10-22(23)24(31)28-25/h2-11,16H,12-15,17H2,1H3,(H,27,28,31). The molecule has 8 heteroatoms. The number of hydrogen-bond donors (Lipinski definition) is 1. The number of pyridine rings is 1. The lowest BCUT2D eigenvalue weighted by Crippen LogP contribution is -2.36. The van der Waals surface area contributed by atoms with Crippen LogP contribution in [-0.2, 0) is 11.3 Å². The molecule has 0 saturated carbocycles. The molecule has 0 spiro atoms. The lowest BCUT2D eigenvalue weighted by molar-refractivity contribution is 0.122. The highest BCUT2D eigenvalue weighted by molar-refractivity contribution is 5.82. The monoisotopic (exact) mass is 443 g/mol. The van der Waals surface area contributed by atoms with Crippen LogP contribution in [-0.4, -0.2) is 53.4 Å². The normalized spacial score (nSPS) is 13.8. The van der Waals surface area contributed by atoms with Crippen molar-refractivity contribution >= 4 is 28.0 Å². The smallest absolute Gasteiger partial charge is 0.320 e. The summed E-state index contributed by atoms with van der Waals surface area (Å²) >= 11 is 0. The van der Waals surface area contributed by atoms with E-state index in [9.17, 15) is 5.11 Å². The summed E-state index contributed by atoms with van der Waals surface area (Å²) in [7, 11) is 2.05. The number of hydrogen-bond acceptors (Lipinski definition) is 8. The number of rotatable bonds is 6. The minimum absolute atomic E-state index is 0.117. The van der Waals surface area contributed by atoms with Gasteiger partial charge in [0.25, 0.3) is 0 Å². The molecule has 1 fully saturated rings. The fraction of sp³-hybridized carbons (Fsp3) is 0.240. The van der Waals surface area contributed by atoms with Crippen molar-refractivity contribution in [1.29, 1.82) is 0 Å². The Balaban J connectivity index is 1.23. The molecular weight excluding hydrogens is 418 g/mol. The van der Waals surface area contributed by atoms with Crippen molar-refractivity contribution in [3.8, 4) is 11.9 Å². The predicted molar refractivity (Wildman–Crippen MR) is 127 cm³/mol. The number of anilines is 3. The molecule has 0 bridgehead atoms. The molecule has 1 aliphatic rings. The Hall–Kier alpha value is -3.91. The molecule has 168 valence electrons. The zero-order valence-electron chi connectivity index (χ0n) is 18.4. The van der Waals surface area contributed by atoms with Crippen LogP contribution in [0.3, 0.4) is 0 Å². The summed E-state index contributed by atoms with van der Waals surface area (Å²) in [6.07, 6.45) is 3.16. The molecule has 0 atom stereocenters. The minimum Gasteiger partial charge on any atom is -0.493 e. The second-order valence-electron chi connectivity index (χ2n) is 7.85. The third-order valence-corrected chi connectivity index (χ3v) is 5.76. The maximum Gasteiger partial charge on any atom is 0.320 e. The zero-order valence-corrected chi connectivity index (χ0v) is 18.4. The SMILES string of the molecule is CN(c1ccc(COc2nc(O)c3ccncc3n2)cc1)c1ccc(N2CCOCC2)cc1. The van der Waals surface area contributed by atoms with Crippen LogP contribution in [0.2, 0.25) is 0 Å². The molecular formula is C25H25N5O3. The number of benzene rings is 2. The van der Waals surface area contributed by atoms with E-state index in [4.69, 9.17) is 9.47 Å². The number of nitrogens with zero attached hydrogens (tertiary/aromatic N) is 5. The second-order valence-corrected chi connectivity index (χ2v) is 7.85. The number of aromatic hydroxyl groups is 1. The summed E-state index contributed by atoms with van der Waals surface area (Å²) in [6, 6.07) is 18.5. The maximum atomic E-state index is 10.1. The van der Waals surface area contributed by atoms with E-state index < -0.39 is 0 Å².